The topological polar surface area (TPSA) is 79.3 Å². The van der Waals surface area contributed by atoms with Gasteiger partial charge in [0.25, 0.3) is 0 Å². The van der Waals surface area contributed by atoms with E-state index < -0.39 is 22.2 Å². The van der Waals surface area contributed by atoms with Gasteiger partial charge in [-0.2, -0.15) is 13.1 Å². The minimum atomic E-state index is -3.78. The number of alkyl halides is 2. The Morgan fingerprint density at radius 2 is 1.72 bits per heavy atom. The van der Waals surface area contributed by atoms with E-state index in [-0.39, 0.29) is 22.7 Å². The average Bonchev–Trinajstić information content (AvgIpc) is 2.96. The molecule has 3 aliphatic heterocycles. The highest BCUT2D eigenvalue weighted by Crippen LogP contribution is 2.44. The van der Waals surface area contributed by atoms with Crippen molar-refractivity contribution in [3.63, 3.8) is 0 Å². The van der Waals surface area contributed by atoms with Crippen LogP contribution < -0.4 is 4.74 Å². The molecule has 0 aromatic heterocycles. The van der Waals surface area contributed by atoms with E-state index in [4.69, 9.17) is 4.74 Å². The number of nitrogens with zero attached hydrogens (tertiary/aromatic N) is 2. The second-order valence-electron chi connectivity index (χ2n) is 8.09. The molecule has 1 aromatic rings. The van der Waals surface area contributed by atoms with E-state index in [9.17, 15) is 22.3 Å². The summed E-state index contributed by atoms with van der Waals surface area (Å²) in [6.45, 7) is 0.402. The van der Waals surface area contributed by atoms with Crippen LogP contribution in [0.25, 0.3) is 0 Å². The first-order valence-corrected chi connectivity index (χ1v) is 11.3. The summed E-state index contributed by atoms with van der Waals surface area (Å²) in [5.74, 6) is -0.0829. The van der Waals surface area contributed by atoms with Crippen LogP contribution in [0.1, 0.15) is 25.7 Å². The first-order chi connectivity index (χ1) is 13.8. The Balaban J connectivity index is 1.48. The van der Waals surface area contributed by atoms with Crippen molar-refractivity contribution < 1.29 is 31.8 Å². The molecule has 7 nitrogen and oxygen atoms in total. The highest BCUT2D eigenvalue weighted by molar-refractivity contribution is 7.89. The van der Waals surface area contributed by atoms with Gasteiger partial charge >= 0.3 is 6.61 Å². The molecule has 4 rings (SSSR count). The summed E-state index contributed by atoms with van der Waals surface area (Å²) in [6.07, 6.45) is 2.21. The zero-order chi connectivity index (χ0) is 20.6. The number of halogens is 2. The highest BCUT2D eigenvalue weighted by atomic mass is 32.2. The Kier molecular flexibility index (Phi) is 5.82. The fraction of sp³-hybridized carbons (Fsp3) is 0.684. The number of aliphatic hydroxyl groups is 1. The van der Waals surface area contributed by atoms with Gasteiger partial charge in [-0.1, -0.05) is 0 Å². The summed E-state index contributed by atoms with van der Waals surface area (Å²) in [4.78, 5) is 2.23. The van der Waals surface area contributed by atoms with Crippen LogP contribution in [0.15, 0.2) is 29.2 Å². The molecule has 29 heavy (non-hydrogen) atoms. The van der Waals surface area contributed by atoms with E-state index in [2.05, 4.69) is 9.64 Å². The minimum Gasteiger partial charge on any atom is -0.435 e. The van der Waals surface area contributed by atoms with E-state index in [0.29, 0.717) is 45.4 Å². The number of rotatable bonds is 6. The molecule has 0 saturated carbocycles. The zero-order valence-corrected chi connectivity index (χ0v) is 16.9. The molecule has 0 spiro atoms. The summed E-state index contributed by atoms with van der Waals surface area (Å²) in [5, 5.41) is 11.2. The third-order valence-corrected chi connectivity index (χ3v) is 8.05. The average molecular weight is 432 g/mol. The van der Waals surface area contributed by atoms with Crippen LogP contribution in [-0.2, 0) is 14.8 Å². The Morgan fingerprint density at radius 1 is 1.14 bits per heavy atom. The van der Waals surface area contributed by atoms with Gasteiger partial charge in [-0.05, 0) is 49.9 Å². The minimum absolute atomic E-state index is 0.0506. The molecule has 1 unspecified atom stereocenters. The standard InChI is InChI=1S/C19H26F2N2O5S/c20-18(21)28-16-3-5-17(6-4-16)29(25,26)23-14-1-2-15(23)12-19(24,11-14)13-22-7-9-27-10-8-22/h3-6,14-15,18,24H,1-2,7-13H2/t14-,15+,19?. The van der Waals surface area contributed by atoms with Crippen molar-refractivity contribution in [2.45, 2.75) is 54.9 Å². The number of ether oxygens (including phenoxy) is 2. The third kappa shape index (κ3) is 4.41. The SMILES string of the molecule is O=S(=O)(c1ccc(OC(F)F)cc1)N1[C@@H]2CC[C@H]1CC(O)(CN1CCOCC1)C2. The molecule has 0 aliphatic carbocycles. The molecule has 0 radical (unpaired) electrons. The molecule has 0 amide bonds. The lowest BCUT2D eigenvalue weighted by Gasteiger charge is -2.45. The van der Waals surface area contributed by atoms with E-state index in [0.717, 1.165) is 13.1 Å². The van der Waals surface area contributed by atoms with Crippen molar-refractivity contribution in [3.8, 4) is 5.75 Å². The van der Waals surface area contributed by atoms with Crippen LogP contribution >= 0.6 is 0 Å². The smallest absolute Gasteiger partial charge is 0.387 e. The maximum absolute atomic E-state index is 13.2. The Hall–Kier alpha value is -1.33. The number of hydrogen-bond donors (Lipinski definition) is 1. The monoisotopic (exact) mass is 432 g/mol. The highest BCUT2D eigenvalue weighted by Gasteiger charge is 2.52. The Bertz CT molecular complexity index is 800. The lowest BCUT2D eigenvalue weighted by Crippen LogP contribution is -2.57. The fourth-order valence-corrected chi connectivity index (χ4v) is 6.76. The van der Waals surface area contributed by atoms with Crippen molar-refractivity contribution in [3.05, 3.63) is 24.3 Å². The molecule has 3 heterocycles. The predicted octanol–water partition coefficient (Wildman–Crippen LogP) is 1.67. The van der Waals surface area contributed by atoms with Gasteiger partial charge in [0, 0.05) is 31.7 Å². The molecule has 10 heteroatoms. The predicted molar refractivity (Wildman–Crippen MR) is 100 cm³/mol. The van der Waals surface area contributed by atoms with Gasteiger partial charge in [0.1, 0.15) is 5.75 Å². The van der Waals surface area contributed by atoms with E-state index >= 15 is 0 Å². The molecule has 3 saturated heterocycles. The van der Waals surface area contributed by atoms with Crippen LogP contribution in [0.4, 0.5) is 8.78 Å². The van der Waals surface area contributed by atoms with Gasteiger partial charge in [-0.25, -0.2) is 8.42 Å². The number of β-amino-alcohol motifs (C(OH)–C–C–N with tert-alkyl or cyclic N) is 1. The molecule has 1 N–H and O–H groups in total. The second kappa shape index (κ2) is 8.07. The number of hydrogen-bond acceptors (Lipinski definition) is 6. The van der Waals surface area contributed by atoms with Gasteiger partial charge in [-0.3, -0.25) is 4.90 Å². The molecular formula is C19H26F2N2O5S. The van der Waals surface area contributed by atoms with Gasteiger partial charge in [-0.15, -0.1) is 0 Å². The zero-order valence-electron chi connectivity index (χ0n) is 16.0. The van der Waals surface area contributed by atoms with E-state index in [1.54, 1.807) is 0 Å². The number of piperidine rings is 1. The number of morpholine rings is 1. The lowest BCUT2D eigenvalue weighted by atomic mass is 9.87. The van der Waals surface area contributed by atoms with Crippen molar-refractivity contribution in [2.24, 2.45) is 0 Å². The van der Waals surface area contributed by atoms with Crippen LogP contribution in [-0.4, -0.2) is 79.9 Å². The van der Waals surface area contributed by atoms with Gasteiger partial charge in [0.05, 0.1) is 23.7 Å². The largest absolute Gasteiger partial charge is 0.435 e. The van der Waals surface area contributed by atoms with Crippen molar-refractivity contribution in [1.82, 2.24) is 9.21 Å². The van der Waals surface area contributed by atoms with E-state index in [1.807, 2.05) is 0 Å². The third-order valence-electron chi connectivity index (χ3n) is 6.03. The summed E-state index contributed by atoms with van der Waals surface area (Å²) in [6, 6.07) is 4.53. The fourth-order valence-electron chi connectivity index (χ4n) is 4.89. The van der Waals surface area contributed by atoms with E-state index in [1.165, 1.54) is 28.6 Å². The van der Waals surface area contributed by atoms with Crippen molar-refractivity contribution >= 4 is 10.0 Å². The van der Waals surface area contributed by atoms with Gasteiger partial charge in [0.2, 0.25) is 10.0 Å². The van der Waals surface area contributed by atoms with Crippen LogP contribution in [0.2, 0.25) is 0 Å². The number of benzene rings is 1. The molecule has 2 bridgehead atoms. The maximum atomic E-state index is 13.2. The molecule has 3 aliphatic rings. The quantitative estimate of drug-likeness (QED) is 0.737. The van der Waals surface area contributed by atoms with Crippen molar-refractivity contribution in [1.29, 1.82) is 0 Å². The Morgan fingerprint density at radius 3 is 2.28 bits per heavy atom. The number of fused-ring (bicyclic) bond motifs is 2. The van der Waals surface area contributed by atoms with Crippen LogP contribution in [0.3, 0.4) is 0 Å². The maximum Gasteiger partial charge on any atom is 0.387 e. The molecule has 1 aromatic carbocycles. The first kappa shape index (κ1) is 20.9. The second-order valence-corrected chi connectivity index (χ2v) is 9.93. The lowest BCUT2D eigenvalue weighted by molar-refractivity contribution is -0.0694. The Labute approximate surface area is 169 Å². The molecule has 3 fully saturated rings. The van der Waals surface area contributed by atoms with Crippen LogP contribution in [0, 0.1) is 0 Å². The van der Waals surface area contributed by atoms with Crippen molar-refractivity contribution in [2.75, 3.05) is 32.8 Å². The van der Waals surface area contributed by atoms with Crippen LogP contribution in [0.5, 0.6) is 5.75 Å². The summed E-state index contributed by atoms with van der Waals surface area (Å²) >= 11 is 0. The molecule has 3 atom stereocenters. The summed E-state index contributed by atoms with van der Waals surface area (Å²) in [7, 11) is -3.78. The molecule has 162 valence electrons. The summed E-state index contributed by atoms with van der Waals surface area (Å²) in [5.41, 5.74) is -0.913. The number of sulfonamides is 1. The van der Waals surface area contributed by atoms with Gasteiger partial charge in [0.15, 0.2) is 0 Å². The molecular weight excluding hydrogens is 406 g/mol. The van der Waals surface area contributed by atoms with Gasteiger partial charge < -0.3 is 14.6 Å². The normalized spacial score (nSPS) is 31.3. The summed E-state index contributed by atoms with van der Waals surface area (Å²) < 4.78 is 62.2. The first-order valence-electron chi connectivity index (χ1n) is 9.88.